The van der Waals surface area contributed by atoms with E-state index >= 15 is 0 Å². The van der Waals surface area contributed by atoms with Crippen LogP contribution < -0.4 is 4.74 Å². The summed E-state index contributed by atoms with van der Waals surface area (Å²) in [6, 6.07) is 6.45. The zero-order valence-electron chi connectivity index (χ0n) is 8.60. The Morgan fingerprint density at radius 3 is 2.60 bits per heavy atom. The second-order valence-corrected chi connectivity index (χ2v) is 4.27. The molecular weight excluding hydrogens is 212 g/mol. The average molecular weight is 226 g/mol. The minimum absolute atomic E-state index is 0.283. The molecule has 0 spiro atoms. The fraction of sp³-hybridized carbons (Fsp3) is 0.364. The smallest absolute Gasteiger partial charge is 0.335 e. The molecule has 0 fully saturated rings. The van der Waals surface area contributed by atoms with Crippen LogP contribution in [0.15, 0.2) is 24.3 Å². The van der Waals surface area contributed by atoms with Crippen LogP contribution in [0.5, 0.6) is 5.75 Å². The van der Waals surface area contributed by atoms with Crippen molar-refractivity contribution < 1.29 is 14.6 Å². The molecule has 15 heavy (non-hydrogen) atoms. The highest BCUT2D eigenvalue weighted by Crippen LogP contribution is 2.12. The molecule has 0 aliphatic heterocycles. The molecule has 1 aromatic carbocycles. The normalized spacial score (nSPS) is 9.93. The van der Waals surface area contributed by atoms with Gasteiger partial charge in [-0.1, -0.05) is 6.92 Å². The van der Waals surface area contributed by atoms with Gasteiger partial charge in [-0.25, -0.2) is 4.79 Å². The second kappa shape index (κ2) is 6.35. The van der Waals surface area contributed by atoms with Gasteiger partial charge in [0.2, 0.25) is 0 Å². The summed E-state index contributed by atoms with van der Waals surface area (Å²) in [5, 5.41) is 8.68. The molecular formula is C11H14O3S. The predicted molar refractivity (Wildman–Crippen MR) is 61.9 cm³/mol. The maximum absolute atomic E-state index is 10.6. The van der Waals surface area contributed by atoms with Crippen molar-refractivity contribution in [2.75, 3.05) is 18.1 Å². The molecule has 0 aliphatic rings. The molecule has 0 amide bonds. The first-order chi connectivity index (χ1) is 7.24. The lowest BCUT2D eigenvalue weighted by atomic mass is 10.2. The highest BCUT2D eigenvalue weighted by molar-refractivity contribution is 7.99. The first-order valence-corrected chi connectivity index (χ1v) is 5.93. The summed E-state index contributed by atoms with van der Waals surface area (Å²) in [6.07, 6.45) is 0. The maximum Gasteiger partial charge on any atom is 0.335 e. The van der Waals surface area contributed by atoms with Crippen LogP contribution in [0.25, 0.3) is 0 Å². The van der Waals surface area contributed by atoms with Crippen LogP contribution in [-0.4, -0.2) is 29.2 Å². The van der Waals surface area contributed by atoms with Crippen molar-refractivity contribution in [2.24, 2.45) is 0 Å². The van der Waals surface area contributed by atoms with Crippen molar-refractivity contribution in [3.63, 3.8) is 0 Å². The van der Waals surface area contributed by atoms with Gasteiger partial charge in [-0.05, 0) is 30.0 Å². The standard InChI is InChI=1S/C11H14O3S/c1-2-15-8-7-14-10-5-3-9(4-6-10)11(12)13/h3-6H,2,7-8H2,1H3,(H,12,13). The number of carboxylic acids is 1. The number of thioether (sulfide) groups is 1. The van der Waals surface area contributed by atoms with Crippen molar-refractivity contribution in [1.82, 2.24) is 0 Å². The average Bonchev–Trinajstić information content (AvgIpc) is 2.25. The number of carboxylic acid groups (broad SMARTS) is 1. The van der Waals surface area contributed by atoms with Crippen LogP contribution >= 0.6 is 11.8 Å². The van der Waals surface area contributed by atoms with Gasteiger partial charge in [-0.2, -0.15) is 11.8 Å². The highest BCUT2D eigenvalue weighted by Gasteiger charge is 2.01. The van der Waals surface area contributed by atoms with Gasteiger partial charge < -0.3 is 9.84 Å². The van der Waals surface area contributed by atoms with Crippen LogP contribution in [-0.2, 0) is 0 Å². The van der Waals surface area contributed by atoms with Gasteiger partial charge in [-0.3, -0.25) is 0 Å². The molecule has 0 saturated heterocycles. The van der Waals surface area contributed by atoms with E-state index in [0.29, 0.717) is 6.61 Å². The molecule has 0 heterocycles. The lowest BCUT2D eigenvalue weighted by Crippen LogP contribution is -2.01. The summed E-state index contributed by atoms with van der Waals surface area (Å²) >= 11 is 1.82. The van der Waals surface area contributed by atoms with Crippen molar-refractivity contribution >= 4 is 17.7 Å². The molecule has 0 aromatic heterocycles. The van der Waals surface area contributed by atoms with Crippen molar-refractivity contribution in [1.29, 1.82) is 0 Å². The van der Waals surface area contributed by atoms with Crippen molar-refractivity contribution in [2.45, 2.75) is 6.92 Å². The molecule has 4 heteroatoms. The molecule has 0 bridgehead atoms. The van der Waals surface area contributed by atoms with Gasteiger partial charge in [0.25, 0.3) is 0 Å². The molecule has 0 saturated carbocycles. The van der Waals surface area contributed by atoms with Gasteiger partial charge in [0.05, 0.1) is 12.2 Å². The van der Waals surface area contributed by atoms with Gasteiger partial charge in [0.15, 0.2) is 0 Å². The number of benzene rings is 1. The van der Waals surface area contributed by atoms with E-state index in [2.05, 4.69) is 6.92 Å². The molecule has 1 aromatic rings. The molecule has 3 nitrogen and oxygen atoms in total. The first kappa shape index (κ1) is 11.9. The number of aromatic carboxylic acids is 1. The van der Waals surface area contributed by atoms with Gasteiger partial charge in [-0.15, -0.1) is 0 Å². The Bertz CT molecular complexity index is 308. The fourth-order valence-electron chi connectivity index (χ4n) is 1.06. The van der Waals surface area contributed by atoms with E-state index in [9.17, 15) is 4.79 Å². The van der Waals surface area contributed by atoms with E-state index in [1.165, 1.54) is 0 Å². The van der Waals surface area contributed by atoms with Crippen LogP contribution in [0.4, 0.5) is 0 Å². The highest BCUT2D eigenvalue weighted by atomic mass is 32.2. The summed E-state index contributed by atoms with van der Waals surface area (Å²) in [4.78, 5) is 10.6. The Balaban J connectivity index is 2.39. The van der Waals surface area contributed by atoms with Crippen LogP contribution in [0.3, 0.4) is 0 Å². The number of ether oxygens (including phenoxy) is 1. The van der Waals surface area contributed by atoms with Gasteiger partial charge >= 0.3 is 5.97 Å². The Morgan fingerprint density at radius 2 is 2.07 bits per heavy atom. The Kier molecular flexibility index (Phi) is 5.04. The number of rotatable bonds is 6. The summed E-state index contributed by atoms with van der Waals surface area (Å²) in [7, 11) is 0. The SMILES string of the molecule is CCSCCOc1ccc(C(=O)O)cc1. The quantitative estimate of drug-likeness (QED) is 0.757. The summed E-state index contributed by atoms with van der Waals surface area (Å²) in [6.45, 7) is 2.76. The van der Waals surface area contributed by atoms with E-state index in [1.54, 1.807) is 24.3 Å². The Hall–Kier alpha value is -1.16. The topological polar surface area (TPSA) is 46.5 Å². The van der Waals surface area contributed by atoms with E-state index < -0.39 is 5.97 Å². The fourth-order valence-corrected chi connectivity index (χ4v) is 1.55. The zero-order valence-corrected chi connectivity index (χ0v) is 9.42. The van der Waals surface area contributed by atoms with Crippen LogP contribution in [0, 0.1) is 0 Å². The third-order valence-electron chi connectivity index (χ3n) is 1.80. The van der Waals surface area contributed by atoms with E-state index in [0.717, 1.165) is 17.3 Å². The van der Waals surface area contributed by atoms with E-state index in [4.69, 9.17) is 9.84 Å². The summed E-state index contributed by atoms with van der Waals surface area (Å²) in [5.74, 6) is 1.85. The maximum atomic E-state index is 10.6. The second-order valence-electron chi connectivity index (χ2n) is 2.87. The summed E-state index contributed by atoms with van der Waals surface area (Å²) < 4.78 is 5.43. The van der Waals surface area contributed by atoms with Gasteiger partial charge in [0.1, 0.15) is 5.75 Å². The lowest BCUT2D eigenvalue weighted by Gasteiger charge is -2.05. The lowest BCUT2D eigenvalue weighted by molar-refractivity contribution is 0.0697. The minimum atomic E-state index is -0.914. The molecule has 0 atom stereocenters. The molecule has 0 aliphatic carbocycles. The minimum Gasteiger partial charge on any atom is -0.493 e. The third-order valence-corrected chi connectivity index (χ3v) is 2.67. The number of hydrogen-bond acceptors (Lipinski definition) is 3. The number of carbonyl (C=O) groups is 1. The molecule has 0 radical (unpaired) electrons. The monoisotopic (exact) mass is 226 g/mol. The molecule has 1 N–H and O–H groups in total. The van der Waals surface area contributed by atoms with Crippen molar-refractivity contribution in [3.05, 3.63) is 29.8 Å². The van der Waals surface area contributed by atoms with Crippen molar-refractivity contribution in [3.8, 4) is 5.75 Å². The van der Waals surface area contributed by atoms with Crippen LogP contribution in [0.1, 0.15) is 17.3 Å². The molecule has 82 valence electrons. The molecule has 0 unspecified atom stereocenters. The van der Waals surface area contributed by atoms with E-state index in [1.807, 2.05) is 11.8 Å². The third kappa shape index (κ3) is 4.25. The van der Waals surface area contributed by atoms with Gasteiger partial charge in [0, 0.05) is 5.75 Å². The number of hydrogen-bond donors (Lipinski definition) is 1. The molecule has 1 rings (SSSR count). The largest absolute Gasteiger partial charge is 0.493 e. The Labute approximate surface area is 93.4 Å². The predicted octanol–water partition coefficient (Wildman–Crippen LogP) is 2.52. The summed E-state index contributed by atoms with van der Waals surface area (Å²) in [5.41, 5.74) is 0.283. The zero-order chi connectivity index (χ0) is 11.1. The first-order valence-electron chi connectivity index (χ1n) is 4.78. The Morgan fingerprint density at radius 1 is 1.40 bits per heavy atom. The van der Waals surface area contributed by atoms with Crippen LogP contribution in [0.2, 0.25) is 0 Å². The van der Waals surface area contributed by atoms with E-state index in [-0.39, 0.29) is 5.56 Å².